The van der Waals surface area contributed by atoms with Gasteiger partial charge in [0.1, 0.15) is 12.4 Å². The summed E-state index contributed by atoms with van der Waals surface area (Å²) in [4.78, 5) is 46.2. The number of esters is 4. The summed E-state index contributed by atoms with van der Waals surface area (Å²) in [7, 11) is -1.60. The van der Waals surface area contributed by atoms with Crippen molar-refractivity contribution in [3.63, 3.8) is 0 Å². The quantitative estimate of drug-likeness (QED) is 0.294. The molecule has 0 radical (unpaired) electrons. The van der Waals surface area contributed by atoms with Crippen molar-refractivity contribution in [3.8, 4) is 0 Å². The van der Waals surface area contributed by atoms with Crippen LogP contribution < -0.4 is 0 Å². The van der Waals surface area contributed by atoms with Crippen molar-refractivity contribution in [2.24, 2.45) is 0 Å². The van der Waals surface area contributed by atoms with Crippen LogP contribution in [0, 0.1) is 0 Å². The zero-order chi connectivity index (χ0) is 23.1. The summed E-state index contributed by atoms with van der Waals surface area (Å²) in [5.74, 6) is -2.33. The zero-order valence-corrected chi connectivity index (χ0v) is 18.3. The second-order valence-corrected chi connectivity index (χ2v) is 8.14. The van der Waals surface area contributed by atoms with E-state index in [9.17, 15) is 23.7 Å². The largest absolute Gasteiger partial charge is 0.483 e. The van der Waals surface area contributed by atoms with E-state index in [4.69, 9.17) is 32.7 Å². The average molecular weight is 452 g/mol. The van der Waals surface area contributed by atoms with Gasteiger partial charge in [0.05, 0.1) is 5.82 Å². The topological polar surface area (TPSA) is 150 Å². The summed E-state index contributed by atoms with van der Waals surface area (Å²) in [6, 6.07) is 0. The van der Waals surface area contributed by atoms with Gasteiger partial charge in [-0.25, -0.2) is 0 Å². The van der Waals surface area contributed by atoms with Crippen LogP contribution in [0.5, 0.6) is 0 Å². The van der Waals surface area contributed by atoms with E-state index in [0.717, 1.165) is 47.7 Å². The number of ether oxygens (including phenoxy) is 5. The van der Waals surface area contributed by atoms with Gasteiger partial charge in [0, 0.05) is 41.9 Å². The van der Waals surface area contributed by atoms with E-state index < -0.39 is 62.5 Å². The first-order valence-electron chi connectivity index (χ1n) is 8.68. The Morgan fingerprint density at radius 2 is 1.37 bits per heavy atom. The summed E-state index contributed by atoms with van der Waals surface area (Å²) >= 11 is 0. The molecule has 4 atom stereocenters. The van der Waals surface area contributed by atoms with Gasteiger partial charge >= 0.3 is 31.5 Å². The molecule has 0 aromatic heterocycles. The Morgan fingerprint density at radius 3 is 1.80 bits per heavy atom. The first-order valence-corrected chi connectivity index (χ1v) is 10.3. The van der Waals surface area contributed by atoms with Crippen molar-refractivity contribution >= 4 is 31.5 Å². The maximum atomic E-state index is 12.6. The molecule has 1 rings (SSSR count). The lowest BCUT2D eigenvalue weighted by Gasteiger charge is -2.41. The van der Waals surface area contributed by atoms with E-state index in [1.807, 2.05) is 0 Å². The number of carbonyl (C=O) groups excluding carboxylic acids is 4. The third-order valence-corrected chi connectivity index (χ3v) is 5.29. The van der Waals surface area contributed by atoms with Crippen LogP contribution >= 0.6 is 7.60 Å². The first kappa shape index (κ1) is 25.6. The summed E-state index contributed by atoms with van der Waals surface area (Å²) in [6.45, 7) is 4.00. The van der Waals surface area contributed by atoms with Crippen molar-refractivity contribution in [2.45, 2.75) is 52.1 Å². The highest BCUT2D eigenvalue weighted by Gasteiger charge is 2.51. The van der Waals surface area contributed by atoms with Gasteiger partial charge in [0.25, 0.3) is 0 Å². The van der Waals surface area contributed by atoms with E-state index in [0.29, 0.717) is 0 Å². The van der Waals surface area contributed by atoms with Crippen LogP contribution in [0.15, 0.2) is 11.6 Å². The SMILES string of the molecule is COP(=O)(/C=C1\O[C@H](COC(C)=O)[C@@H](OC(C)=O)[C@H](OC(C)=O)[C@@H]1OC(C)=O)OC. The predicted molar refractivity (Wildman–Crippen MR) is 97.9 cm³/mol. The number of hydrogen-bond acceptors (Lipinski definition) is 12. The highest BCUT2D eigenvalue weighted by molar-refractivity contribution is 7.57. The predicted octanol–water partition coefficient (Wildman–Crippen LogP) is 1.07. The van der Waals surface area contributed by atoms with Gasteiger partial charge < -0.3 is 32.7 Å². The monoisotopic (exact) mass is 452 g/mol. The molecule has 0 bridgehead atoms. The lowest BCUT2D eigenvalue weighted by atomic mass is 9.97. The first-order chi connectivity index (χ1) is 13.9. The van der Waals surface area contributed by atoms with Gasteiger partial charge in [-0.3, -0.25) is 23.7 Å². The highest BCUT2D eigenvalue weighted by Crippen LogP contribution is 2.50. The molecule has 1 aliphatic rings. The van der Waals surface area contributed by atoms with Crippen molar-refractivity contribution in [1.82, 2.24) is 0 Å². The van der Waals surface area contributed by atoms with Gasteiger partial charge in [-0.15, -0.1) is 0 Å². The summed E-state index contributed by atoms with van der Waals surface area (Å²) in [6.07, 6.45) is -5.37. The third-order valence-electron chi connectivity index (χ3n) is 3.70. The van der Waals surface area contributed by atoms with Crippen molar-refractivity contribution in [3.05, 3.63) is 11.6 Å². The van der Waals surface area contributed by atoms with Gasteiger partial charge in [-0.05, 0) is 0 Å². The Balaban J connectivity index is 3.54. The maximum absolute atomic E-state index is 12.6. The standard InChI is InChI=1S/C17H25O12P/c1-9(18)25-7-13-15(26-10(2)19)17(28-12(4)21)16(27-11(3)20)14(29-13)8-30(22,23-5)24-6/h8,13,15-17H,7H2,1-6H3/b14-8-/t13-,15-,16-,17+/m1/s1. The smallest absolute Gasteiger partial charge is 0.357 e. The van der Waals surface area contributed by atoms with Crippen LogP contribution in [-0.4, -0.2) is 69.1 Å². The van der Waals surface area contributed by atoms with Crippen LogP contribution in [0.2, 0.25) is 0 Å². The van der Waals surface area contributed by atoms with Crippen molar-refractivity contribution < 1.29 is 56.5 Å². The molecule has 0 N–H and O–H groups in total. The molecule has 0 amide bonds. The second-order valence-electron chi connectivity index (χ2n) is 6.07. The molecule has 1 fully saturated rings. The molecule has 1 saturated heterocycles. The van der Waals surface area contributed by atoms with Crippen LogP contribution in [0.4, 0.5) is 0 Å². The molecular formula is C17H25O12P. The lowest BCUT2D eigenvalue weighted by molar-refractivity contribution is -0.215. The van der Waals surface area contributed by atoms with E-state index in [1.165, 1.54) is 0 Å². The molecule has 0 spiro atoms. The van der Waals surface area contributed by atoms with Crippen molar-refractivity contribution in [1.29, 1.82) is 0 Å². The van der Waals surface area contributed by atoms with Crippen LogP contribution in [0.3, 0.4) is 0 Å². The lowest BCUT2D eigenvalue weighted by Crippen LogP contribution is -2.57. The van der Waals surface area contributed by atoms with E-state index >= 15 is 0 Å². The highest BCUT2D eigenvalue weighted by atomic mass is 31.2. The number of rotatable bonds is 8. The number of hydrogen-bond donors (Lipinski definition) is 0. The summed E-state index contributed by atoms with van der Waals surface area (Å²) < 4.78 is 48.5. The Labute approximate surface area is 173 Å². The third kappa shape index (κ3) is 7.43. The van der Waals surface area contributed by atoms with E-state index in [1.54, 1.807) is 0 Å². The molecule has 0 unspecified atom stereocenters. The molecule has 0 aliphatic carbocycles. The molecule has 1 heterocycles. The second kappa shape index (κ2) is 11.1. The minimum Gasteiger partial charge on any atom is -0.483 e. The molecule has 0 saturated carbocycles. The Hall–Kier alpha value is -2.43. The molecule has 170 valence electrons. The Morgan fingerprint density at radius 1 is 0.867 bits per heavy atom. The van der Waals surface area contributed by atoms with Gasteiger partial charge in [0.2, 0.25) is 0 Å². The molecule has 12 nitrogen and oxygen atoms in total. The molecule has 1 aliphatic heterocycles. The normalized spacial score (nSPS) is 25.1. The summed E-state index contributed by atoms with van der Waals surface area (Å²) in [5, 5.41) is 0. The van der Waals surface area contributed by atoms with Crippen LogP contribution in [-0.2, 0) is 56.5 Å². The van der Waals surface area contributed by atoms with Crippen LogP contribution in [0.1, 0.15) is 27.7 Å². The molecule has 0 aromatic carbocycles. The van der Waals surface area contributed by atoms with Gasteiger partial charge in [-0.2, -0.15) is 0 Å². The van der Waals surface area contributed by atoms with Gasteiger partial charge in [-0.1, -0.05) is 0 Å². The maximum Gasteiger partial charge on any atom is 0.357 e. The average Bonchev–Trinajstić information content (AvgIpc) is 2.63. The van der Waals surface area contributed by atoms with E-state index in [2.05, 4.69) is 0 Å². The fourth-order valence-electron chi connectivity index (χ4n) is 2.58. The van der Waals surface area contributed by atoms with Crippen molar-refractivity contribution in [2.75, 3.05) is 20.8 Å². The molecule has 30 heavy (non-hydrogen) atoms. The van der Waals surface area contributed by atoms with E-state index in [-0.39, 0.29) is 5.76 Å². The minimum absolute atomic E-state index is 0.260. The number of carbonyl (C=O) groups is 4. The summed E-state index contributed by atoms with van der Waals surface area (Å²) in [5.41, 5.74) is 0. The Bertz CT molecular complexity index is 737. The fourth-order valence-corrected chi connectivity index (χ4v) is 3.46. The molecule has 0 aromatic rings. The minimum atomic E-state index is -3.84. The fraction of sp³-hybridized carbons (Fsp3) is 0.647. The molecule has 13 heteroatoms. The Kier molecular flexibility index (Phi) is 9.47. The molecular weight excluding hydrogens is 427 g/mol. The van der Waals surface area contributed by atoms with Gasteiger partial charge in [0.15, 0.2) is 24.4 Å². The zero-order valence-electron chi connectivity index (χ0n) is 17.4. The van der Waals surface area contributed by atoms with Crippen LogP contribution in [0.25, 0.3) is 0 Å².